The van der Waals surface area contributed by atoms with Gasteiger partial charge in [-0.25, -0.2) is 9.97 Å². The zero-order valence-corrected chi connectivity index (χ0v) is 21.3. The summed E-state index contributed by atoms with van der Waals surface area (Å²) < 4.78 is 16.3. The molecule has 1 atom stereocenters. The maximum absolute atomic E-state index is 13.7. The third-order valence-electron chi connectivity index (χ3n) is 7.72. The van der Waals surface area contributed by atoms with Gasteiger partial charge in [-0.1, -0.05) is 6.42 Å². The number of imidazole rings is 1. The molecule has 2 aliphatic rings. The van der Waals surface area contributed by atoms with Crippen LogP contribution in [0.3, 0.4) is 0 Å². The molecule has 0 amide bonds. The summed E-state index contributed by atoms with van der Waals surface area (Å²) in [5, 5.41) is 0.598. The van der Waals surface area contributed by atoms with Gasteiger partial charge >= 0.3 is 0 Å². The summed E-state index contributed by atoms with van der Waals surface area (Å²) in [5.41, 5.74) is 2.80. The van der Waals surface area contributed by atoms with Crippen LogP contribution in [0.2, 0.25) is 0 Å². The number of benzene rings is 1. The summed E-state index contributed by atoms with van der Waals surface area (Å²) in [7, 11) is 3.55. The van der Waals surface area contributed by atoms with E-state index in [1.165, 1.54) is 0 Å². The lowest BCUT2D eigenvalue weighted by molar-refractivity contribution is -0.0100. The third kappa shape index (κ3) is 4.34. The lowest BCUT2D eigenvalue weighted by atomic mass is 9.84. The van der Waals surface area contributed by atoms with Crippen molar-refractivity contribution in [3.63, 3.8) is 0 Å². The van der Waals surface area contributed by atoms with Gasteiger partial charge in [0, 0.05) is 58.1 Å². The van der Waals surface area contributed by atoms with Crippen LogP contribution in [0.4, 0.5) is 5.69 Å². The van der Waals surface area contributed by atoms with Gasteiger partial charge in [0.25, 0.3) is 11.1 Å². The van der Waals surface area contributed by atoms with Gasteiger partial charge in [0.15, 0.2) is 5.52 Å². The van der Waals surface area contributed by atoms with Crippen LogP contribution in [-0.4, -0.2) is 63.2 Å². The van der Waals surface area contributed by atoms with Gasteiger partial charge in [-0.2, -0.15) is 0 Å². The van der Waals surface area contributed by atoms with Crippen molar-refractivity contribution in [2.75, 3.05) is 38.3 Å². The summed E-state index contributed by atoms with van der Waals surface area (Å²) in [6.45, 7) is 3.48. The van der Waals surface area contributed by atoms with Gasteiger partial charge in [-0.3, -0.25) is 14.2 Å². The smallest absolute Gasteiger partial charge is 0.278 e. The van der Waals surface area contributed by atoms with E-state index >= 15 is 0 Å². The molecule has 0 radical (unpaired) electrons. The van der Waals surface area contributed by atoms with E-state index in [2.05, 4.69) is 9.88 Å². The predicted octanol–water partition coefficient (Wildman–Crippen LogP) is 2.26. The highest BCUT2D eigenvalue weighted by atomic mass is 16.5. The number of anilines is 1. The largest absolute Gasteiger partial charge is 0.382 e. The Kier molecular flexibility index (Phi) is 6.29. The second kappa shape index (κ2) is 9.75. The van der Waals surface area contributed by atoms with Gasteiger partial charge in [-0.15, -0.1) is 0 Å². The number of pyridine rings is 1. The van der Waals surface area contributed by atoms with Crippen molar-refractivity contribution < 1.29 is 9.47 Å². The molecule has 1 aromatic carbocycles. The SMILES string of the molecule is COC[C@H]1CN(c2ccc3c(=O)n(CCn4ccc5c(ncn5C)c4=O)c(C4CCC4)nc3c2)CCO1. The van der Waals surface area contributed by atoms with Crippen molar-refractivity contribution in [1.29, 1.82) is 0 Å². The number of hydrogen-bond donors (Lipinski definition) is 0. The Hall–Kier alpha value is -3.50. The molecule has 3 aromatic heterocycles. The number of ether oxygens (including phenoxy) is 2. The summed E-state index contributed by atoms with van der Waals surface area (Å²) in [5.74, 6) is 1.09. The van der Waals surface area contributed by atoms with Gasteiger partial charge in [0.2, 0.25) is 0 Å². The first-order valence-corrected chi connectivity index (χ1v) is 12.9. The fraction of sp³-hybridized carbons (Fsp3) is 0.481. The van der Waals surface area contributed by atoms with Crippen LogP contribution in [0, 0.1) is 0 Å². The molecule has 0 unspecified atom stereocenters. The average molecular weight is 505 g/mol. The maximum Gasteiger partial charge on any atom is 0.278 e. The summed E-state index contributed by atoms with van der Waals surface area (Å²) in [4.78, 5) is 38.2. The van der Waals surface area contributed by atoms with Crippen molar-refractivity contribution in [3.8, 4) is 0 Å². The fourth-order valence-corrected chi connectivity index (χ4v) is 5.41. The molecule has 1 aliphatic heterocycles. The molecule has 194 valence electrons. The van der Waals surface area contributed by atoms with Crippen molar-refractivity contribution >= 4 is 27.6 Å². The number of nitrogens with zero attached hydrogens (tertiary/aromatic N) is 6. The van der Waals surface area contributed by atoms with Crippen LogP contribution in [-0.2, 0) is 29.6 Å². The van der Waals surface area contributed by atoms with E-state index in [-0.39, 0.29) is 23.1 Å². The Labute approximate surface area is 214 Å². The van der Waals surface area contributed by atoms with Crippen molar-refractivity contribution in [2.45, 2.75) is 44.4 Å². The number of aromatic nitrogens is 5. The van der Waals surface area contributed by atoms with Gasteiger partial charge in [0.05, 0.1) is 42.1 Å². The molecular weight excluding hydrogens is 472 g/mol. The molecule has 10 heteroatoms. The van der Waals surface area contributed by atoms with Crippen LogP contribution in [0.1, 0.15) is 31.0 Å². The first-order valence-electron chi connectivity index (χ1n) is 12.9. The molecule has 4 heterocycles. The van der Waals surface area contributed by atoms with E-state index in [1.807, 2.05) is 35.9 Å². The number of hydrogen-bond acceptors (Lipinski definition) is 7. The Bertz CT molecular complexity index is 1570. The van der Waals surface area contributed by atoms with Crippen molar-refractivity contribution in [1.82, 2.24) is 23.7 Å². The highest BCUT2D eigenvalue weighted by Crippen LogP contribution is 2.35. The molecule has 0 bridgehead atoms. The topological polar surface area (TPSA) is 96.4 Å². The van der Waals surface area contributed by atoms with E-state index in [0.717, 1.165) is 54.9 Å². The van der Waals surface area contributed by atoms with Crippen LogP contribution >= 0.6 is 0 Å². The van der Waals surface area contributed by atoms with Gasteiger partial charge in [0.1, 0.15) is 5.82 Å². The minimum atomic E-state index is -0.146. The van der Waals surface area contributed by atoms with Crippen LogP contribution in [0.15, 0.2) is 46.4 Å². The second-order valence-electron chi connectivity index (χ2n) is 10.1. The molecule has 0 N–H and O–H groups in total. The van der Waals surface area contributed by atoms with Gasteiger partial charge < -0.3 is 23.5 Å². The van der Waals surface area contributed by atoms with E-state index in [0.29, 0.717) is 37.2 Å². The van der Waals surface area contributed by atoms with E-state index in [9.17, 15) is 9.59 Å². The first-order chi connectivity index (χ1) is 18.0. The number of methoxy groups -OCH3 is 1. The Morgan fingerprint density at radius 1 is 1.14 bits per heavy atom. The average Bonchev–Trinajstić information content (AvgIpc) is 3.25. The van der Waals surface area contributed by atoms with Crippen molar-refractivity contribution in [3.05, 3.63) is 63.3 Å². The molecule has 6 rings (SSSR count). The first kappa shape index (κ1) is 23.9. The monoisotopic (exact) mass is 504 g/mol. The zero-order chi connectivity index (χ0) is 25.5. The minimum Gasteiger partial charge on any atom is -0.382 e. The molecule has 1 aliphatic carbocycles. The van der Waals surface area contributed by atoms with Crippen LogP contribution in [0.25, 0.3) is 21.9 Å². The standard InChI is InChI=1S/C27H32N6O4/c1-30-17-28-24-23(30)8-9-31(27(24)35)10-11-33-25(18-4-3-5-18)29-22-14-19(6-7-21(22)26(33)34)32-12-13-37-20(15-32)16-36-2/h6-9,14,17-18,20H,3-5,10-13,15-16H2,1-2H3/t20-/m1/s1. The highest BCUT2D eigenvalue weighted by Gasteiger charge is 2.26. The number of rotatable bonds is 7. The molecule has 4 aromatic rings. The summed E-state index contributed by atoms with van der Waals surface area (Å²) in [6, 6.07) is 7.79. The lowest BCUT2D eigenvalue weighted by Gasteiger charge is -2.34. The number of fused-ring (bicyclic) bond motifs is 2. The Balaban J connectivity index is 1.33. The van der Waals surface area contributed by atoms with Crippen molar-refractivity contribution in [2.24, 2.45) is 7.05 Å². The summed E-state index contributed by atoms with van der Waals surface area (Å²) >= 11 is 0. The molecule has 1 saturated heterocycles. The van der Waals surface area contributed by atoms with Crippen LogP contribution < -0.4 is 16.0 Å². The van der Waals surface area contributed by atoms with Crippen LogP contribution in [0.5, 0.6) is 0 Å². The Morgan fingerprint density at radius 3 is 2.78 bits per heavy atom. The minimum absolute atomic E-state index is 0.0228. The molecule has 0 spiro atoms. The number of morpholine rings is 1. The Morgan fingerprint density at radius 2 is 2.00 bits per heavy atom. The van der Waals surface area contributed by atoms with E-state index in [1.54, 1.807) is 28.8 Å². The summed E-state index contributed by atoms with van der Waals surface area (Å²) in [6.07, 6.45) is 6.64. The maximum atomic E-state index is 13.7. The molecular formula is C27H32N6O4. The third-order valence-corrected chi connectivity index (χ3v) is 7.72. The predicted molar refractivity (Wildman–Crippen MR) is 141 cm³/mol. The van der Waals surface area contributed by atoms with E-state index in [4.69, 9.17) is 14.5 Å². The molecule has 10 nitrogen and oxygen atoms in total. The normalized spacial score (nSPS) is 18.5. The highest BCUT2D eigenvalue weighted by molar-refractivity contribution is 5.82. The van der Waals surface area contributed by atoms with Gasteiger partial charge in [-0.05, 0) is 37.1 Å². The van der Waals surface area contributed by atoms with E-state index < -0.39 is 0 Å². The number of aryl methyl sites for hydroxylation is 2. The fourth-order valence-electron chi connectivity index (χ4n) is 5.41. The molecule has 37 heavy (non-hydrogen) atoms. The quantitative estimate of drug-likeness (QED) is 0.381. The molecule has 1 saturated carbocycles. The zero-order valence-electron chi connectivity index (χ0n) is 21.3. The molecule has 2 fully saturated rings. The lowest BCUT2D eigenvalue weighted by Crippen LogP contribution is -2.44. The second-order valence-corrected chi connectivity index (χ2v) is 10.1.